The van der Waals surface area contributed by atoms with Crippen LogP contribution in [0.25, 0.3) is 5.57 Å². The Labute approximate surface area is 121 Å². The van der Waals surface area contributed by atoms with Crippen molar-refractivity contribution in [3.05, 3.63) is 42.0 Å². The first-order valence-corrected chi connectivity index (χ1v) is 6.82. The molecule has 3 unspecified atom stereocenters. The molecule has 1 fully saturated rings. The highest BCUT2D eigenvalue weighted by Crippen LogP contribution is 2.32. The van der Waals surface area contributed by atoms with Gasteiger partial charge in [0.2, 0.25) is 11.8 Å². The maximum absolute atomic E-state index is 11.9. The van der Waals surface area contributed by atoms with E-state index in [-0.39, 0.29) is 18.7 Å². The van der Waals surface area contributed by atoms with Crippen molar-refractivity contribution >= 4 is 17.4 Å². The smallest absolute Gasteiger partial charge is 0.244 e. The van der Waals surface area contributed by atoms with Crippen LogP contribution in [0.15, 0.2) is 36.4 Å². The fourth-order valence-electron chi connectivity index (χ4n) is 2.84. The van der Waals surface area contributed by atoms with Gasteiger partial charge in [0.15, 0.2) is 0 Å². The lowest BCUT2D eigenvalue weighted by Gasteiger charge is -2.34. The molecule has 0 bridgehead atoms. The highest BCUT2D eigenvalue weighted by molar-refractivity contribution is 6.00. The molecule has 0 saturated carbocycles. The molecule has 0 radical (unpaired) electrons. The number of rotatable bonds is 2. The molecule has 21 heavy (non-hydrogen) atoms. The van der Waals surface area contributed by atoms with Gasteiger partial charge in [-0.1, -0.05) is 30.3 Å². The summed E-state index contributed by atoms with van der Waals surface area (Å²) in [6, 6.07) is 8.48. The summed E-state index contributed by atoms with van der Waals surface area (Å²) < 4.78 is 0. The van der Waals surface area contributed by atoms with Crippen LogP contribution in [0.2, 0.25) is 0 Å². The summed E-state index contributed by atoms with van der Waals surface area (Å²) in [5.74, 6) is -0.803. The predicted octanol–water partition coefficient (Wildman–Crippen LogP) is -0.172. The van der Waals surface area contributed by atoms with E-state index >= 15 is 0 Å². The van der Waals surface area contributed by atoms with E-state index in [0.29, 0.717) is 5.57 Å². The number of nitrogens with zero attached hydrogens (tertiary/aromatic N) is 1. The van der Waals surface area contributed by atoms with Crippen LogP contribution in [0, 0.1) is 0 Å². The Morgan fingerprint density at radius 1 is 1.14 bits per heavy atom. The fraction of sp³-hybridized carbons (Fsp3) is 0.333. The number of aliphatic hydroxyl groups is 2. The molecular weight excluding hydrogens is 272 g/mol. The predicted molar refractivity (Wildman–Crippen MR) is 74.4 cm³/mol. The van der Waals surface area contributed by atoms with Crippen molar-refractivity contribution in [1.29, 1.82) is 0 Å². The Kier molecular flexibility index (Phi) is 3.59. The molecular formula is C15H16N2O4. The molecule has 2 heterocycles. The van der Waals surface area contributed by atoms with Crippen molar-refractivity contribution in [2.24, 2.45) is 0 Å². The van der Waals surface area contributed by atoms with Crippen molar-refractivity contribution in [3.8, 4) is 0 Å². The molecule has 1 aromatic carbocycles. The van der Waals surface area contributed by atoms with Crippen molar-refractivity contribution in [2.75, 3.05) is 0 Å². The fourth-order valence-corrected chi connectivity index (χ4v) is 2.84. The van der Waals surface area contributed by atoms with Gasteiger partial charge in [0.05, 0.1) is 6.04 Å². The van der Waals surface area contributed by atoms with Gasteiger partial charge in [-0.15, -0.1) is 0 Å². The Bertz CT molecular complexity index is 599. The van der Waals surface area contributed by atoms with E-state index < -0.39 is 24.4 Å². The number of imide groups is 1. The van der Waals surface area contributed by atoms with Gasteiger partial charge in [0.1, 0.15) is 12.5 Å². The number of nitrogens with one attached hydrogen (secondary N) is 1. The molecule has 2 aliphatic rings. The largest absolute Gasteiger partial charge is 0.375 e. The molecule has 1 saturated heterocycles. The standard InChI is InChI=1S/C15H16N2O4/c18-12-7-6-11(14(20)16-12)17-13(19)8-10(15(17)21)9-4-2-1-3-5-9/h1-5,8,11,13,15,19,21H,6-7H2,(H,16,18,20). The minimum Gasteiger partial charge on any atom is -0.375 e. The molecule has 6 heteroatoms. The number of benzene rings is 1. The summed E-state index contributed by atoms with van der Waals surface area (Å²) in [7, 11) is 0. The van der Waals surface area contributed by atoms with Crippen LogP contribution in [0.4, 0.5) is 0 Å². The summed E-state index contributed by atoms with van der Waals surface area (Å²) in [6.45, 7) is 0. The highest BCUT2D eigenvalue weighted by atomic mass is 16.3. The first-order chi connectivity index (χ1) is 10.1. The molecule has 6 nitrogen and oxygen atoms in total. The first-order valence-electron chi connectivity index (χ1n) is 6.82. The summed E-state index contributed by atoms with van der Waals surface area (Å²) in [5.41, 5.74) is 1.35. The Morgan fingerprint density at radius 2 is 1.86 bits per heavy atom. The SMILES string of the molecule is O=C1CCC(N2C(O)C=C(c3ccccc3)C2O)C(=O)N1. The van der Waals surface area contributed by atoms with Gasteiger partial charge >= 0.3 is 0 Å². The van der Waals surface area contributed by atoms with Gasteiger partial charge in [0, 0.05) is 12.0 Å². The zero-order valence-corrected chi connectivity index (χ0v) is 11.3. The third kappa shape index (κ3) is 2.49. The average Bonchev–Trinajstić information content (AvgIpc) is 2.76. The van der Waals surface area contributed by atoms with Crippen LogP contribution in [-0.4, -0.2) is 45.4 Å². The summed E-state index contributed by atoms with van der Waals surface area (Å²) in [4.78, 5) is 24.4. The Morgan fingerprint density at radius 3 is 2.52 bits per heavy atom. The van der Waals surface area contributed by atoms with E-state index in [2.05, 4.69) is 5.32 Å². The lowest BCUT2D eigenvalue weighted by molar-refractivity contribution is -0.145. The van der Waals surface area contributed by atoms with Crippen molar-refractivity contribution in [2.45, 2.75) is 31.3 Å². The van der Waals surface area contributed by atoms with Gasteiger partial charge in [-0.2, -0.15) is 0 Å². The Balaban J connectivity index is 1.84. The minimum atomic E-state index is -1.08. The van der Waals surface area contributed by atoms with E-state index in [9.17, 15) is 19.8 Å². The number of carbonyl (C=O) groups excluding carboxylic acids is 2. The molecule has 0 aliphatic carbocycles. The van der Waals surface area contributed by atoms with Crippen LogP contribution in [0.1, 0.15) is 18.4 Å². The summed E-state index contributed by atoms with van der Waals surface area (Å²) in [5, 5.41) is 22.8. The van der Waals surface area contributed by atoms with E-state index in [0.717, 1.165) is 5.56 Å². The quantitative estimate of drug-likeness (QED) is 0.657. The second-order valence-corrected chi connectivity index (χ2v) is 5.19. The zero-order valence-electron chi connectivity index (χ0n) is 11.3. The lowest BCUT2D eigenvalue weighted by atomic mass is 10.0. The third-order valence-electron chi connectivity index (χ3n) is 3.87. The number of carbonyl (C=O) groups is 2. The zero-order chi connectivity index (χ0) is 15.0. The summed E-state index contributed by atoms with van der Waals surface area (Å²) >= 11 is 0. The van der Waals surface area contributed by atoms with Gasteiger partial charge in [-0.25, -0.2) is 4.90 Å². The molecule has 0 spiro atoms. The first kappa shape index (κ1) is 13.9. The molecule has 2 amide bonds. The van der Waals surface area contributed by atoms with Crippen molar-refractivity contribution < 1.29 is 19.8 Å². The van der Waals surface area contributed by atoms with E-state index in [1.807, 2.05) is 30.3 Å². The molecule has 2 aliphatic heterocycles. The number of hydrogen-bond acceptors (Lipinski definition) is 5. The highest BCUT2D eigenvalue weighted by Gasteiger charge is 2.42. The number of aliphatic hydroxyl groups excluding tert-OH is 2. The lowest BCUT2D eigenvalue weighted by Crippen LogP contribution is -2.56. The molecule has 110 valence electrons. The minimum absolute atomic E-state index is 0.201. The van der Waals surface area contributed by atoms with Crippen LogP contribution < -0.4 is 5.32 Å². The molecule has 3 N–H and O–H groups in total. The van der Waals surface area contributed by atoms with Crippen molar-refractivity contribution in [1.82, 2.24) is 10.2 Å². The second-order valence-electron chi connectivity index (χ2n) is 5.19. The third-order valence-corrected chi connectivity index (χ3v) is 3.87. The van der Waals surface area contributed by atoms with E-state index in [4.69, 9.17) is 0 Å². The van der Waals surface area contributed by atoms with E-state index in [1.165, 1.54) is 11.0 Å². The van der Waals surface area contributed by atoms with Gasteiger partial charge in [0.25, 0.3) is 0 Å². The monoisotopic (exact) mass is 288 g/mol. The molecule has 3 atom stereocenters. The number of hydrogen-bond donors (Lipinski definition) is 3. The topological polar surface area (TPSA) is 89.9 Å². The maximum Gasteiger partial charge on any atom is 0.244 e. The number of amides is 2. The molecule has 1 aromatic rings. The molecule has 3 rings (SSSR count). The normalized spacial score (nSPS) is 30.2. The Hall–Kier alpha value is -2.02. The van der Waals surface area contributed by atoms with Crippen LogP contribution in [0.3, 0.4) is 0 Å². The van der Waals surface area contributed by atoms with Crippen LogP contribution >= 0.6 is 0 Å². The molecule has 0 aromatic heterocycles. The average molecular weight is 288 g/mol. The second kappa shape index (κ2) is 5.40. The van der Waals surface area contributed by atoms with Crippen LogP contribution in [-0.2, 0) is 9.59 Å². The number of piperidine rings is 1. The van der Waals surface area contributed by atoms with Gasteiger partial charge < -0.3 is 10.2 Å². The maximum atomic E-state index is 11.9. The van der Waals surface area contributed by atoms with Crippen LogP contribution in [0.5, 0.6) is 0 Å². The summed E-state index contributed by atoms with van der Waals surface area (Å²) in [6.07, 6.45) is -0.115. The van der Waals surface area contributed by atoms with Gasteiger partial charge in [-0.3, -0.25) is 14.9 Å². The van der Waals surface area contributed by atoms with Gasteiger partial charge in [-0.05, 0) is 18.1 Å². The van der Waals surface area contributed by atoms with E-state index in [1.54, 1.807) is 0 Å². The van der Waals surface area contributed by atoms with Crippen molar-refractivity contribution in [3.63, 3.8) is 0 Å².